The molecule has 2 aromatic heterocycles. The highest BCUT2D eigenvalue weighted by molar-refractivity contribution is 14.1. The summed E-state index contributed by atoms with van der Waals surface area (Å²) in [6.45, 7) is 1.92. The van der Waals surface area contributed by atoms with Crippen LogP contribution in [0.1, 0.15) is 5.69 Å². The number of pyridine rings is 1. The van der Waals surface area contributed by atoms with E-state index in [1.165, 1.54) is 0 Å². The molecule has 0 N–H and O–H groups in total. The Hall–Kier alpha value is -0.980. The van der Waals surface area contributed by atoms with Gasteiger partial charge >= 0.3 is 0 Å². The molecular weight excluding hydrogens is 281 g/mol. The van der Waals surface area contributed by atoms with Crippen LogP contribution >= 0.6 is 22.6 Å². The minimum atomic E-state index is 0.466. The summed E-state index contributed by atoms with van der Waals surface area (Å²) >= 11 is 1.99. The van der Waals surface area contributed by atoms with Crippen molar-refractivity contribution in [2.75, 3.05) is 0 Å². The van der Waals surface area contributed by atoms with Gasteiger partial charge in [-0.1, -0.05) is 11.2 Å². The Morgan fingerprint density at radius 3 is 2.77 bits per heavy atom. The first-order chi connectivity index (χ1) is 6.25. The predicted molar refractivity (Wildman–Crippen MR) is 55.0 cm³/mol. The van der Waals surface area contributed by atoms with Crippen molar-refractivity contribution in [3.05, 3.63) is 27.7 Å². The van der Waals surface area contributed by atoms with Gasteiger partial charge in [-0.2, -0.15) is 4.98 Å². The van der Waals surface area contributed by atoms with Gasteiger partial charge in [-0.3, -0.25) is 0 Å². The van der Waals surface area contributed by atoms with Crippen molar-refractivity contribution in [2.45, 2.75) is 6.92 Å². The molecule has 0 radical (unpaired) electrons. The molecule has 0 aliphatic rings. The first kappa shape index (κ1) is 8.61. The zero-order chi connectivity index (χ0) is 9.26. The molecule has 66 valence electrons. The van der Waals surface area contributed by atoms with Crippen LogP contribution in [0.25, 0.3) is 11.6 Å². The molecule has 0 fully saturated rings. The molecule has 2 aromatic rings. The van der Waals surface area contributed by atoms with Gasteiger partial charge in [0.05, 0.1) is 0 Å². The minimum absolute atomic E-state index is 0.466. The van der Waals surface area contributed by atoms with Gasteiger partial charge in [-0.25, -0.2) is 4.98 Å². The van der Waals surface area contributed by atoms with E-state index in [0.29, 0.717) is 9.72 Å². The molecule has 0 saturated heterocycles. The fourth-order valence-electron chi connectivity index (χ4n) is 0.972. The van der Waals surface area contributed by atoms with Crippen molar-refractivity contribution in [3.8, 4) is 11.6 Å². The molecule has 0 aliphatic carbocycles. The van der Waals surface area contributed by atoms with Crippen molar-refractivity contribution < 1.29 is 4.52 Å². The Labute approximate surface area is 88.5 Å². The highest BCUT2D eigenvalue weighted by Crippen LogP contribution is 2.14. The van der Waals surface area contributed by atoms with E-state index >= 15 is 0 Å². The van der Waals surface area contributed by atoms with E-state index in [1.807, 2.05) is 47.7 Å². The number of hydrogen-bond acceptors (Lipinski definition) is 4. The van der Waals surface area contributed by atoms with Crippen LogP contribution in [0.2, 0.25) is 0 Å². The summed E-state index contributed by atoms with van der Waals surface area (Å²) in [5.74, 6) is 0.466. The smallest absolute Gasteiger partial charge is 0.277 e. The third-order valence-electron chi connectivity index (χ3n) is 1.51. The highest BCUT2D eigenvalue weighted by Gasteiger charge is 2.07. The lowest BCUT2D eigenvalue weighted by Gasteiger charge is -1.93. The second-order valence-corrected chi connectivity index (χ2v) is 3.50. The third-order valence-corrected chi connectivity index (χ3v) is 1.95. The second kappa shape index (κ2) is 3.41. The van der Waals surface area contributed by atoms with E-state index in [1.54, 1.807) is 0 Å². The van der Waals surface area contributed by atoms with Gasteiger partial charge in [-0.15, -0.1) is 0 Å². The van der Waals surface area contributed by atoms with Crippen LogP contribution in [0.15, 0.2) is 22.7 Å². The largest absolute Gasteiger partial charge is 0.331 e. The van der Waals surface area contributed by atoms with Crippen LogP contribution in [0, 0.1) is 10.8 Å². The number of halogens is 1. The maximum atomic E-state index is 4.97. The highest BCUT2D eigenvalue weighted by atomic mass is 127. The number of rotatable bonds is 1. The maximum absolute atomic E-state index is 4.97. The lowest BCUT2D eigenvalue weighted by molar-refractivity contribution is 0.424. The summed E-state index contributed by atoms with van der Waals surface area (Å²) < 4.78 is 5.57. The fraction of sp³-hybridized carbons (Fsp3) is 0.125. The predicted octanol–water partition coefficient (Wildman–Crippen LogP) is 2.04. The molecule has 5 heteroatoms. The van der Waals surface area contributed by atoms with Gasteiger partial charge < -0.3 is 4.52 Å². The molecule has 0 atom stereocenters. The van der Waals surface area contributed by atoms with Gasteiger partial charge in [0.1, 0.15) is 5.69 Å². The first-order valence-corrected chi connectivity index (χ1v) is 4.77. The van der Waals surface area contributed by atoms with E-state index in [4.69, 9.17) is 4.52 Å². The summed E-state index contributed by atoms with van der Waals surface area (Å²) in [6.07, 6.45) is 0. The molecule has 0 unspecified atom stereocenters. The molecule has 4 nitrogen and oxygen atoms in total. The quantitative estimate of drug-likeness (QED) is 0.753. The Kier molecular flexibility index (Phi) is 2.26. The number of hydrogen-bond donors (Lipinski definition) is 0. The summed E-state index contributed by atoms with van der Waals surface area (Å²) in [4.78, 5) is 8.33. The Morgan fingerprint density at radius 1 is 1.31 bits per heavy atom. The van der Waals surface area contributed by atoms with Crippen LogP contribution in [-0.2, 0) is 0 Å². The van der Waals surface area contributed by atoms with Crippen molar-refractivity contribution in [1.29, 1.82) is 0 Å². The third kappa shape index (κ3) is 1.85. The lowest BCUT2D eigenvalue weighted by atomic mass is 10.3. The summed E-state index contributed by atoms with van der Waals surface area (Å²) in [7, 11) is 0. The Balaban J connectivity index is 2.46. The van der Waals surface area contributed by atoms with Gasteiger partial charge in [-0.05, 0) is 19.1 Å². The zero-order valence-corrected chi connectivity index (χ0v) is 9.02. The molecule has 0 aromatic carbocycles. The van der Waals surface area contributed by atoms with Crippen LogP contribution in [0.4, 0.5) is 0 Å². The van der Waals surface area contributed by atoms with E-state index in [2.05, 4.69) is 15.1 Å². The summed E-state index contributed by atoms with van der Waals surface area (Å²) in [5.41, 5.74) is 1.65. The fourth-order valence-corrected chi connectivity index (χ4v) is 1.29. The van der Waals surface area contributed by atoms with Crippen LogP contribution in [0.5, 0.6) is 0 Å². The van der Waals surface area contributed by atoms with Crippen LogP contribution in [0.3, 0.4) is 0 Å². The monoisotopic (exact) mass is 287 g/mol. The molecule has 2 rings (SSSR count). The van der Waals surface area contributed by atoms with Crippen molar-refractivity contribution in [3.63, 3.8) is 0 Å². The average molecular weight is 287 g/mol. The molecule has 2 heterocycles. The van der Waals surface area contributed by atoms with Crippen LogP contribution < -0.4 is 0 Å². The molecule has 0 aliphatic heterocycles. The zero-order valence-electron chi connectivity index (χ0n) is 6.86. The SMILES string of the molecule is Cc1cccc(-c2nc(I)no2)n1. The van der Waals surface area contributed by atoms with Gasteiger partial charge in [0.15, 0.2) is 0 Å². The number of nitrogens with zero attached hydrogens (tertiary/aromatic N) is 3. The minimum Gasteiger partial charge on any atom is -0.331 e. The Morgan fingerprint density at radius 2 is 2.15 bits per heavy atom. The lowest BCUT2D eigenvalue weighted by Crippen LogP contribution is -1.85. The van der Waals surface area contributed by atoms with Gasteiger partial charge in [0.25, 0.3) is 5.89 Å². The average Bonchev–Trinajstić information content (AvgIpc) is 2.52. The molecule has 0 amide bonds. The Bertz CT molecular complexity index is 427. The summed E-state index contributed by atoms with van der Waals surface area (Å²) in [5, 5.41) is 3.68. The van der Waals surface area contributed by atoms with E-state index < -0.39 is 0 Å². The van der Waals surface area contributed by atoms with Crippen LogP contribution in [-0.4, -0.2) is 15.1 Å². The molecule has 0 bridgehead atoms. The summed E-state index contributed by atoms with van der Waals surface area (Å²) in [6, 6.07) is 5.68. The number of aromatic nitrogens is 3. The van der Waals surface area contributed by atoms with E-state index in [-0.39, 0.29) is 0 Å². The first-order valence-electron chi connectivity index (χ1n) is 3.69. The normalized spacial score (nSPS) is 10.3. The topological polar surface area (TPSA) is 51.8 Å². The number of aryl methyl sites for hydroxylation is 1. The van der Waals surface area contributed by atoms with Crippen molar-refractivity contribution >= 4 is 22.6 Å². The van der Waals surface area contributed by atoms with Crippen molar-refractivity contribution in [2.24, 2.45) is 0 Å². The molecular formula is C8H6IN3O. The molecule has 13 heavy (non-hydrogen) atoms. The molecule has 0 spiro atoms. The van der Waals surface area contributed by atoms with Crippen molar-refractivity contribution in [1.82, 2.24) is 15.1 Å². The van der Waals surface area contributed by atoms with Gasteiger partial charge in [0, 0.05) is 28.3 Å². The van der Waals surface area contributed by atoms with E-state index in [0.717, 1.165) is 11.4 Å². The van der Waals surface area contributed by atoms with Gasteiger partial charge in [0.2, 0.25) is 3.83 Å². The molecule has 0 saturated carbocycles. The second-order valence-electron chi connectivity index (χ2n) is 2.53. The standard InChI is InChI=1S/C8H6IN3O/c1-5-3-2-4-6(10-5)7-11-8(9)12-13-7/h2-4H,1H3. The maximum Gasteiger partial charge on any atom is 0.277 e. The van der Waals surface area contributed by atoms with E-state index in [9.17, 15) is 0 Å².